The molecule has 2 heterocycles. The minimum absolute atomic E-state index is 0.138. The number of halogens is 2. The zero-order valence-electron chi connectivity index (χ0n) is 17.1. The average Bonchev–Trinajstić information content (AvgIpc) is 3.14. The third-order valence-corrected chi connectivity index (χ3v) is 7.46. The van der Waals surface area contributed by atoms with E-state index in [1.54, 1.807) is 18.2 Å². The molecular formula is C23H24Cl2N2O2S. The first-order valence-electron chi connectivity index (χ1n) is 10.2. The Labute approximate surface area is 191 Å². The Kier molecular flexibility index (Phi) is 6.33. The van der Waals surface area contributed by atoms with E-state index >= 15 is 0 Å². The van der Waals surface area contributed by atoms with Crippen molar-refractivity contribution in [3.05, 3.63) is 61.7 Å². The van der Waals surface area contributed by atoms with Crippen molar-refractivity contribution in [1.82, 2.24) is 9.47 Å². The lowest BCUT2D eigenvalue weighted by Gasteiger charge is -2.26. The number of amides is 2. The van der Waals surface area contributed by atoms with Crippen molar-refractivity contribution < 1.29 is 9.59 Å². The Balaban J connectivity index is 1.58. The molecule has 0 bridgehead atoms. The lowest BCUT2D eigenvalue weighted by atomic mass is 9.95. The highest BCUT2D eigenvalue weighted by Gasteiger charge is 2.35. The third kappa shape index (κ3) is 4.20. The van der Waals surface area contributed by atoms with E-state index in [0.717, 1.165) is 23.0 Å². The van der Waals surface area contributed by atoms with Crippen molar-refractivity contribution in [3.63, 3.8) is 0 Å². The van der Waals surface area contributed by atoms with Gasteiger partial charge >= 0.3 is 0 Å². The second-order valence-electron chi connectivity index (χ2n) is 7.99. The lowest BCUT2D eigenvalue weighted by Crippen LogP contribution is -2.27. The number of aromatic nitrogens is 1. The topological polar surface area (TPSA) is 42.3 Å². The maximum absolute atomic E-state index is 12.9. The van der Waals surface area contributed by atoms with Crippen molar-refractivity contribution >= 4 is 52.2 Å². The number of carbonyl (C=O) groups excluding carboxylic acids is 2. The third-order valence-electron chi connectivity index (χ3n) is 5.97. The standard InChI is InChI=1S/C23H24Cl2N2O2S/c1-14-10-17(15(2)27(14)19-6-4-3-5-7-19)11-21-22(28)26(23(29)30-21)13-16-8-9-18(24)12-20(16)25/h8-12,19H,3-7,13H2,1-2H3/b21-11-. The maximum atomic E-state index is 12.9. The highest BCUT2D eigenvalue weighted by molar-refractivity contribution is 8.18. The van der Waals surface area contributed by atoms with E-state index in [1.165, 1.54) is 42.7 Å². The fraction of sp³-hybridized carbons (Fsp3) is 0.391. The van der Waals surface area contributed by atoms with Crippen LogP contribution in [0.15, 0.2) is 29.2 Å². The predicted molar refractivity (Wildman–Crippen MR) is 124 cm³/mol. The van der Waals surface area contributed by atoms with Crippen LogP contribution in [0.25, 0.3) is 6.08 Å². The molecule has 1 aromatic carbocycles. The largest absolute Gasteiger partial charge is 0.346 e. The highest BCUT2D eigenvalue weighted by Crippen LogP contribution is 2.37. The molecule has 1 aromatic heterocycles. The first kappa shape index (κ1) is 21.5. The SMILES string of the molecule is Cc1cc(/C=C2\SC(=O)N(Cc3ccc(Cl)cc3Cl)C2=O)c(C)n1C1CCCCC1. The molecule has 30 heavy (non-hydrogen) atoms. The molecule has 7 heteroatoms. The summed E-state index contributed by atoms with van der Waals surface area (Å²) in [5.41, 5.74) is 4.07. The van der Waals surface area contributed by atoms with Gasteiger partial charge in [-0.25, -0.2) is 0 Å². The van der Waals surface area contributed by atoms with Gasteiger partial charge in [-0.05, 0) is 73.9 Å². The molecule has 2 aromatic rings. The van der Waals surface area contributed by atoms with Crippen LogP contribution in [0.5, 0.6) is 0 Å². The zero-order chi connectivity index (χ0) is 21.4. The van der Waals surface area contributed by atoms with Crippen LogP contribution in [0.4, 0.5) is 4.79 Å². The molecule has 4 nitrogen and oxygen atoms in total. The van der Waals surface area contributed by atoms with Crippen LogP contribution in [0.3, 0.4) is 0 Å². The summed E-state index contributed by atoms with van der Waals surface area (Å²) in [4.78, 5) is 27.2. The highest BCUT2D eigenvalue weighted by atomic mass is 35.5. The molecule has 0 unspecified atom stereocenters. The van der Waals surface area contributed by atoms with Crippen LogP contribution in [-0.2, 0) is 11.3 Å². The summed E-state index contributed by atoms with van der Waals surface area (Å²) < 4.78 is 2.41. The molecule has 2 aliphatic rings. The molecule has 0 atom stereocenters. The van der Waals surface area contributed by atoms with Gasteiger partial charge in [0.25, 0.3) is 11.1 Å². The summed E-state index contributed by atoms with van der Waals surface area (Å²) in [6.45, 7) is 4.36. The Morgan fingerprint density at radius 1 is 1.10 bits per heavy atom. The van der Waals surface area contributed by atoms with E-state index in [9.17, 15) is 9.59 Å². The molecule has 158 valence electrons. The smallest absolute Gasteiger partial charge is 0.293 e. The summed E-state index contributed by atoms with van der Waals surface area (Å²) in [7, 11) is 0. The molecule has 4 rings (SSSR count). The molecular weight excluding hydrogens is 439 g/mol. The van der Waals surface area contributed by atoms with Crippen LogP contribution in [0.1, 0.15) is 60.7 Å². The molecule has 1 saturated heterocycles. The van der Waals surface area contributed by atoms with Gasteiger partial charge in [0.2, 0.25) is 0 Å². The molecule has 2 amide bonds. The summed E-state index contributed by atoms with van der Waals surface area (Å²) in [5.74, 6) is -0.279. The first-order chi connectivity index (χ1) is 14.3. The molecule has 0 N–H and O–H groups in total. The monoisotopic (exact) mass is 462 g/mol. The number of thioether (sulfide) groups is 1. The van der Waals surface area contributed by atoms with Crippen LogP contribution in [0, 0.1) is 13.8 Å². The van der Waals surface area contributed by atoms with Crippen molar-refractivity contribution in [2.75, 3.05) is 0 Å². The van der Waals surface area contributed by atoms with Crippen LogP contribution in [0.2, 0.25) is 10.0 Å². The second kappa shape index (κ2) is 8.81. The molecule has 0 radical (unpaired) electrons. The Morgan fingerprint density at radius 2 is 1.83 bits per heavy atom. The Bertz CT molecular complexity index is 1040. The van der Waals surface area contributed by atoms with Crippen molar-refractivity contribution in [2.45, 2.75) is 58.5 Å². The molecule has 2 fully saturated rings. The van der Waals surface area contributed by atoms with E-state index in [-0.39, 0.29) is 17.7 Å². The molecule has 0 spiro atoms. The van der Waals surface area contributed by atoms with Gasteiger partial charge in [-0.3, -0.25) is 14.5 Å². The van der Waals surface area contributed by atoms with E-state index in [2.05, 4.69) is 24.5 Å². The molecule has 1 aliphatic carbocycles. The van der Waals surface area contributed by atoms with Gasteiger partial charge in [0.1, 0.15) is 0 Å². The summed E-state index contributed by atoms with van der Waals surface area (Å²) >= 11 is 13.2. The van der Waals surface area contributed by atoms with Gasteiger partial charge in [0, 0.05) is 27.5 Å². The molecule has 1 saturated carbocycles. The van der Waals surface area contributed by atoms with E-state index in [1.807, 2.05) is 6.08 Å². The van der Waals surface area contributed by atoms with Crippen LogP contribution < -0.4 is 0 Å². The number of hydrogen-bond donors (Lipinski definition) is 0. The fourth-order valence-corrected chi connectivity index (χ4v) is 5.75. The van der Waals surface area contributed by atoms with Crippen LogP contribution >= 0.6 is 35.0 Å². The first-order valence-corrected chi connectivity index (χ1v) is 11.8. The number of nitrogens with zero attached hydrogens (tertiary/aromatic N) is 2. The molecule has 1 aliphatic heterocycles. The van der Waals surface area contributed by atoms with Gasteiger partial charge < -0.3 is 4.57 Å². The predicted octanol–water partition coefficient (Wildman–Crippen LogP) is 7.15. The number of rotatable bonds is 4. The van der Waals surface area contributed by atoms with Gasteiger partial charge in [-0.15, -0.1) is 0 Å². The second-order valence-corrected chi connectivity index (χ2v) is 9.83. The normalized spacial score (nSPS) is 19.3. The number of imide groups is 1. The zero-order valence-corrected chi connectivity index (χ0v) is 19.4. The van der Waals surface area contributed by atoms with Crippen molar-refractivity contribution in [3.8, 4) is 0 Å². The quantitative estimate of drug-likeness (QED) is 0.452. The minimum atomic E-state index is -0.279. The number of aryl methyl sites for hydroxylation is 1. The van der Waals surface area contributed by atoms with Gasteiger partial charge in [-0.1, -0.05) is 48.5 Å². The van der Waals surface area contributed by atoms with Crippen molar-refractivity contribution in [2.24, 2.45) is 0 Å². The lowest BCUT2D eigenvalue weighted by molar-refractivity contribution is -0.123. The average molecular weight is 463 g/mol. The number of carbonyl (C=O) groups is 2. The maximum Gasteiger partial charge on any atom is 0.293 e. The van der Waals surface area contributed by atoms with Gasteiger partial charge in [0.05, 0.1) is 11.4 Å². The van der Waals surface area contributed by atoms with E-state index in [4.69, 9.17) is 23.2 Å². The minimum Gasteiger partial charge on any atom is -0.346 e. The number of hydrogen-bond acceptors (Lipinski definition) is 3. The van der Waals surface area contributed by atoms with Crippen molar-refractivity contribution in [1.29, 1.82) is 0 Å². The van der Waals surface area contributed by atoms with Gasteiger partial charge in [0.15, 0.2) is 0 Å². The van der Waals surface area contributed by atoms with E-state index < -0.39 is 0 Å². The van der Waals surface area contributed by atoms with Crippen LogP contribution in [-0.4, -0.2) is 20.6 Å². The fourth-order valence-electron chi connectivity index (χ4n) is 4.45. The van der Waals surface area contributed by atoms with Gasteiger partial charge in [-0.2, -0.15) is 0 Å². The number of benzene rings is 1. The summed E-state index contributed by atoms with van der Waals surface area (Å²) in [6, 6.07) is 7.72. The summed E-state index contributed by atoms with van der Waals surface area (Å²) in [6.07, 6.45) is 8.11. The summed E-state index contributed by atoms with van der Waals surface area (Å²) in [5, 5.41) is 0.686. The van der Waals surface area contributed by atoms with E-state index in [0.29, 0.717) is 26.6 Å². The Morgan fingerprint density at radius 3 is 2.53 bits per heavy atom. The Hall–Kier alpha value is -1.69.